The molecule has 0 amide bonds. The highest BCUT2D eigenvalue weighted by Crippen LogP contribution is 2.22. The summed E-state index contributed by atoms with van der Waals surface area (Å²) in [7, 11) is 6.17. The van der Waals surface area contributed by atoms with E-state index in [0.29, 0.717) is 6.04 Å². The first-order chi connectivity index (χ1) is 8.11. The maximum absolute atomic E-state index is 9.45. The van der Waals surface area contributed by atoms with Crippen molar-refractivity contribution < 1.29 is 5.11 Å². The van der Waals surface area contributed by atoms with E-state index in [4.69, 9.17) is 0 Å². The molecule has 0 spiro atoms. The summed E-state index contributed by atoms with van der Waals surface area (Å²) in [5, 5.41) is 13.6. The summed E-state index contributed by atoms with van der Waals surface area (Å²) in [5.41, 5.74) is 1.20. The van der Waals surface area contributed by atoms with Crippen LogP contribution in [0.5, 0.6) is 0 Å². The normalized spacial score (nSPS) is 25.9. The Bertz CT molecular complexity index is 363. The first-order valence-electron chi connectivity index (χ1n) is 6.10. The van der Waals surface area contributed by atoms with Crippen molar-refractivity contribution in [3.63, 3.8) is 0 Å². The average molecular weight is 238 g/mol. The van der Waals surface area contributed by atoms with Gasteiger partial charge in [0.15, 0.2) is 0 Å². The Balaban J connectivity index is 2.02. The van der Waals surface area contributed by atoms with Crippen LogP contribution in [-0.4, -0.2) is 64.0 Å². The lowest BCUT2D eigenvalue weighted by Gasteiger charge is -2.22. The van der Waals surface area contributed by atoms with Crippen LogP contribution in [0.3, 0.4) is 0 Å². The van der Waals surface area contributed by atoms with Gasteiger partial charge in [0, 0.05) is 38.4 Å². The molecule has 0 saturated carbocycles. The topological polar surface area (TPSA) is 44.5 Å². The highest BCUT2D eigenvalue weighted by molar-refractivity contribution is 5.02. The molecule has 1 aliphatic heterocycles. The molecule has 17 heavy (non-hydrogen) atoms. The smallest absolute Gasteiger partial charge is 0.0587 e. The molecule has 0 bridgehead atoms. The van der Waals surface area contributed by atoms with Gasteiger partial charge in [0.2, 0.25) is 0 Å². The Morgan fingerprint density at radius 2 is 2.29 bits per heavy atom. The molecular formula is C12H22N4O. The van der Waals surface area contributed by atoms with E-state index in [2.05, 4.69) is 29.0 Å². The fraction of sp³-hybridized carbons (Fsp3) is 0.750. The van der Waals surface area contributed by atoms with E-state index < -0.39 is 0 Å². The number of rotatable bonds is 4. The average Bonchev–Trinajstić information content (AvgIpc) is 2.87. The van der Waals surface area contributed by atoms with Crippen LogP contribution in [0.25, 0.3) is 0 Å². The van der Waals surface area contributed by atoms with E-state index in [1.165, 1.54) is 5.69 Å². The van der Waals surface area contributed by atoms with Gasteiger partial charge < -0.3 is 10.0 Å². The summed E-state index contributed by atoms with van der Waals surface area (Å²) in [6, 6.07) is 2.86. The molecule has 1 aliphatic rings. The van der Waals surface area contributed by atoms with E-state index in [-0.39, 0.29) is 12.6 Å². The van der Waals surface area contributed by atoms with Gasteiger partial charge in [-0.2, -0.15) is 5.10 Å². The summed E-state index contributed by atoms with van der Waals surface area (Å²) < 4.78 is 1.90. The van der Waals surface area contributed by atoms with Gasteiger partial charge in [0.25, 0.3) is 0 Å². The van der Waals surface area contributed by atoms with Crippen LogP contribution in [0.2, 0.25) is 0 Å². The Morgan fingerprint density at radius 3 is 2.82 bits per heavy atom. The van der Waals surface area contributed by atoms with Gasteiger partial charge in [-0.05, 0) is 26.6 Å². The molecule has 2 heterocycles. The van der Waals surface area contributed by atoms with Crippen LogP contribution in [0.4, 0.5) is 0 Å². The first kappa shape index (κ1) is 12.5. The number of hydrogen-bond donors (Lipinski definition) is 1. The maximum atomic E-state index is 9.45. The van der Waals surface area contributed by atoms with E-state index >= 15 is 0 Å². The van der Waals surface area contributed by atoms with Crippen molar-refractivity contribution in [2.45, 2.75) is 25.0 Å². The van der Waals surface area contributed by atoms with E-state index in [1.54, 1.807) is 0 Å². The minimum atomic E-state index is 0.238. The third-order valence-electron chi connectivity index (χ3n) is 3.73. The van der Waals surface area contributed by atoms with Crippen molar-refractivity contribution in [3.05, 3.63) is 18.0 Å². The molecule has 2 atom stereocenters. The number of likely N-dealkylation sites (tertiary alicyclic amines) is 1. The Labute approximate surface area is 103 Å². The largest absolute Gasteiger partial charge is 0.395 e. The number of aryl methyl sites for hydroxylation is 1. The zero-order chi connectivity index (χ0) is 12.4. The monoisotopic (exact) mass is 238 g/mol. The summed E-state index contributed by atoms with van der Waals surface area (Å²) >= 11 is 0. The van der Waals surface area contributed by atoms with E-state index in [0.717, 1.165) is 19.5 Å². The van der Waals surface area contributed by atoms with Gasteiger partial charge in [0.1, 0.15) is 0 Å². The SMILES string of the molecule is CN(C)[C@@H]1C[C@@H](CO)N(Cc2ccnn2C)C1. The fourth-order valence-corrected chi connectivity index (χ4v) is 2.48. The number of aromatic nitrogens is 2. The zero-order valence-electron chi connectivity index (χ0n) is 10.9. The van der Waals surface area contributed by atoms with Crippen molar-refractivity contribution in [3.8, 4) is 0 Å². The maximum Gasteiger partial charge on any atom is 0.0587 e. The van der Waals surface area contributed by atoms with Gasteiger partial charge in [-0.1, -0.05) is 0 Å². The van der Waals surface area contributed by atoms with Crippen LogP contribution in [-0.2, 0) is 13.6 Å². The molecule has 1 aromatic rings. The second kappa shape index (κ2) is 5.16. The Hall–Kier alpha value is -0.910. The molecule has 0 aromatic carbocycles. The second-order valence-electron chi connectivity index (χ2n) is 5.07. The second-order valence-corrected chi connectivity index (χ2v) is 5.07. The quantitative estimate of drug-likeness (QED) is 0.797. The predicted molar refractivity (Wildman–Crippen MR) is 66.6 cm³/mol. The molecule has 1 fully saturated rings. The molecule has 5 nitrogen and oxygen atoms in total. The zero-order valence-corrected chi connectivity index (χ0v) is 10.9. The molecule has 0 unspecified atom stereocenters. The highest BCUT2D eigenvalue weighted by Gasteiger charge is 2.32. The fourth-order valence-electron chi connectivity index (χ4n) is 2.48. The first-order valence-corrected chi connectivity index (χ1v) is 6.10. The number of aliphatic hydroxyl groups excluding tert-OH is 1. The van der Waals surface area contributed by atoms with Crippen molar-refractivity contribution >= 4 is 0 Å². The van der Waals surface area contributed by atoms with Gasteiger partial charge in [0.05, 0.1) is 12.3 Å². The minimum Gasteiger partial charge on any atom is -0.395 e. The summed E-state index contributed by atoms with van der Waals surface area (Å²) in [5.74, 6) is 0. The third-order valence-corrected chi connectivity index (χ3v) is 3.73. The summed E-state index contributed by atoms with van der Waals surface area (Å²) in [6.07, 6.45) is 2.87. The number of likely N-dealkylation sites (N-methyl/N-ethyl adjacent to an activating group) is 1. The lowest BCUT2D eigenvalue weighted by atomic mass is 10.1. The molecule has 1 aromatic heterocycles. The predicted octanol–water partition coefficient (Wildman–Crippen LogP) is -0.0831. The standard InChI is InChI=1S/C12H22N4O/c1-14(2)11-6-12(9-17)16(8-11)7-10-4-5-13-15(10)3/h4-5,11-12,17H,6-9H2,1-3H3/t11-,12+/m1/s1. The van der Waals surface area contributed by atoms with Crippen LogP contribution in [0.1, 0.15) is 12.1 Å². The molecule has 0 radical (unpaired) electrons. The van der Waals surface area contributed by atoms with Crippen LogP contribution in [0.15, 0.2) is 12.3 Å². The van der Waals surface area contributed by atoms with Crippen LogP contribution in [0, 0.1) is 0 Å². The Morgan fingerprint density at radius 1 is 1.53 bits per heavy atom. The van der Waals surface area contributed by atoms with Crippen LogP contribution < -0.4 is 0 Å². The van der Waals surface area contributed by atoms with Crippen molar-refractivity contribution in [2.24, 2.45) is 7.05 Å². The summed E-state index contributed by atoms with van der Waals surface area (Å²) in [4.78, 5) is 4.59. The van der Waals surface area contributed by atoms with Crippen LogP contribution >= 0.6 is 0 Å². The van der Waals surface area contributed by atoms with E-state index in [9.17, 15) is 5.11 Å². The van der Waals surface area contributed by atoms with Gasteiger partial charge in [-0.15, -0.1) is 0 Å². The molecule has 2 rings (SSSR count). The molecule has 5 heteroatoms. The molecule has 1 N–H and O–H groups in total. The summed E-state index contributed by atoms with van der Waals surface area (Å²) in [6.45, 7) is 2.12. The molecule has 1 saturated heterocycles. The number of nitrogens with zero attached hydrogens (tertiary/aromatic N) is 4. The molecule has 96 valence electrons. The van der Waals surface area contributed by atoms with E-state index in [1.807, 2.05) is 24.0 Å². The number of aliphatic hydroxyl groups is 1. The van der Waals surface area contributed by atoms with Crippen molar-refractivity contribution in [1.82, 2.24) is 19.6 Å². The number of hydrogen-bond acceptors (Lipinski definition) is 4. The highest BCUT2D eigenvalue weighted by atomic mass is 16.3. The molecule has 0 aliphatic carbocycles. The van der Waals surface area contributed by atoms with Gasteiger partial charge in [-0.3, -0.25) is 9.58 Å². The third kappa shape index (κ3) is 2.68. The molecular weight excluding hydrogens is 216 g/mol. The van der Waals surface area contributed by atoms with Gasteiger partial charge in [-0.25, -0.2) is 0 Å². The minimum absolute atomic E-state index is 0.238. The van der Waals surface area contributed by atoms with Crippen molar-refractivity contribution in [2.75, 3.05) is 27.2 Å². The Kier molecular flexibility index (Phi) is 3.81. The lowest BCUT2D eigenvalue weighted by molar-refractivity contribution is 0.150. The van der Waals surface area contributed by atoms with Crippen molar-refractivity contribution in [1.29, 1.82) is 0 Å². The lowest BCUT2D eigenvalue weighted by Crippen LogP contribution is -2.34. The van der Waals surface area contributed by atoms with Gasteiger partial charge >= 0.3 is 0 Å².